The molecule has 3 nitrogen and oxygen atoms in total. The van der Waals surface area contributed by atoms with Crippen LogP contribution >= 0.6 is 0 Å². The van der Waals surface area contributed by atoms with E-state index in [0.29, 0.717) is 12.1 Å². The fraction of sp³-hybridized carbons (Fsp3) is 0.389. The summed E-state index contributed by atoms with van der Waals surface area (Å²) in [5, 5.41) is 5.34. The monoisotopic (exact) mass is 282 g/mol. The average molecular weight is 282 g/mol. The van der Waals surface area contributed by atoms with Crippen LogP contribution in [0.5, 0.6) is 0 Å². The van der Waals surface area contributed by atoms with Crippen molar-refractivity contribution in [2.75, 3.05) is 5.32 Å². The van der Waals surface area contributed by atoms with E-state index in [-0.39, 0.29) is 6.03 Å². The van der Waals surface area contributed by atoms with Crippen LogP contribution in [-0.2, 0) is 0 Å². The number of nitrogens with zero attached hydrogens (tertiary/aromatic N) is 1. The van der Waals surface area contributed by atoms with Gasteiger partial charge in [-0.2, -0.15) is 0 Å². The predicted molar refractivity (Wildman–Crippen MR) is 87.6 cm³/mol. The van der Waals surface area contributed by atoms with E-state index in [1.807, 2.05) is 35.2 Å². The Labute approximate surface area is 125 Å². The number of hydrogen-bond acceptors (Lipinski definition) is 1. The number of urea groups is 1. The molecule has 2 aromatic rings. The maximum atomic E-state index is 12.6. The second kappa shape index (κ2) is 5.76. The lowest BCUT2D eigenvalue weighted by Gasteiger charge is -2.39. The Bertz CT molecular complexity index is 637. The number of carbonyl (C=O) groups is 1. The largest absolute Gasteiger partial charge is 0.322 e. The SMILES string of the molecule is C[C@H]1CCC[C@H](C)N1C(=O)Nc1cccc2ccccc12. The molecule has 0 spiro atoms. The first-order valence-corrected chi connectivity index (χ1v) is 7.74. The summed E-state index contributed by atoms with van der Waals surface area (Å²) in [4.78, 5) is 14.6. The highest BCUT2D eigenvalue weighted by Gasteiger charge is 2.29. The first-order valence-electron chi connectivity index (χ1n) is 7.74. The zero-order chi connectivity index (χ0) is 14.8. The molecule has 21 heavy (non-hydrogen) atoms. The summed E-state index contributed by atoms with van der Waals surface area (Å²) in [5.41, 5.74) is 0.892. The molecule has 3 heteroatoms. The standard InChI is InChI=1S/C18H22N2O/c1-13-7-5-8-14(2)20(13)18(21)19-17-12-6-10-15-9-3-4-11-16(15)17/h3-4,6,9-14H,5,7-8H2,1-2H3,(H,19,21)/t13-,14-/m0/s1. The first kappa shape index (κ1) is 13.9. The van der Waals surface area contributed by atoms with Crippen LogP contribution in [0, 0.1) is 0 Å². The molecule has 1 aliphatic heterocycles. The van der Waals surface area contributed by atoms with Gasteiger partial charge in [0.1, 0.15) is 0 Å². The number of likely N-dealkylation sites (tertiary alicyclic amines) is 1. The molecule has 0 unspecified atom stereocenters. The molecule has 1 heterocycles. The summed E-state index contributed by atoms with van der Waals surface area (Å²) in [5.74, 6) is 0. The van der Waals surface area contributed by atoms with E-state index in [9.17, 15) is 4.79 Å². The van der Waals surface area contributed by atoms with Gasteiger partial charge in [-0.05, 0) is 44.6 Å². The molecule has 3 rings (SSSR count). The van der Waals surface area contributed by atoms with Gasteiger partial charge in [0.05, 0.1) is 5.69 Å². The summed E-state index contributed by atoms with van der Waals surface area (Å²) in [6.45, 7) is 4.27. The van der Waals surface area contributed by atoms with Gasteiger partial charge in [0.25, 0.3) is 0 Å². The smallest absolute Gasteiger partial charge is 0.319 e. The van der Waals surface area contributed by atoms with Crippen LogP contribution in [0.15, 0.2) is 42.5 Å². The van der Waals surface area contributed by atoms with Crippen molar-refractivity contribution in [2.24, 2.45) is 0 Å². The fourth-order valence-corrected chi connectivity index (χ4v) is 3.34. The Morgan fingerprint density at radius 1 is 1.05 bits per heavy atom. The zero-order valence-electron chi connectivity index (χ0n) is 12.7. The third-order valence-electron chi connectivity index (χ3n) is 4.46. The number of amides is 2. The average Bonchev–Trinajstić information content (AvgIpc) is 2.47. The van der Waals surface area contributed by atoms with E-state index in [4.69, 9.17) is 0 Å². The molecule has 0 radical (unpaired) electrons. The second-order valence-corrected chi connectivity index (χ2v) is 5.99. The van der Waals surface area contributed by atoms with E-state index < -0.39 is 0 Å². The van der Waals surface area contributed by atoms with Gasteiger partial charge < -0.3 is 10.2 Å². The van der Waals surface area contributed by atoms with Crippen molar-refractivity contribution in [3.63, 3.8) is 0 Å². The lowest BCUT2D eigenvalue weighted by Crippen LogP contribution is -2.49. The third-order valence-corrected chi connectivity index (χ3v) is 4.46. The molecule has 110 valence electrons. The number of carbonyl (C=O) groups excluding carboxylic acids is 1. The third kappa shape index (κ3) is 2.73. The quantitative estimate of drug-likeness (QED) is 0.812. The fourth-order valence-electron chi connectivity index (χ4n) is 3.34. The van der Waals surface area contributed by atoms with Crippen molar-refractivity contribution >= 4 is 22.5 Å². The minimum absolute atomic E-state index is 0.0195. The Kier molecular flexibility index (Phi) is 3.82. The van der Waals surface area contributed by atoms with Gasteiger partial charge in [-0.25, -0.2) is 4.79 Å². The molecular weight excluding hydrogens is 260 g/mol. The number of piperidine rings is 1. The lowest BCUT2D eigenvalue weighted by molar-refractivity contribution is 0.133. The Morgan fingerprint density at radius 3 is 2.48 bits per heavy atom. The van der Waals surface area contributed by atoms with Crippen LogP contribution in [0.2, 0.25) is 0 Å². The number of nitrogens with one attached hydrogen (secondary N) is 1. The topological polar surface area (TPSA) is 32.3 Å². The van der Waals surface area contributed by atoms with Crippen molar-refractivity contribution in [1.82, 2.24) is 4.90 Å². The Balaban J connectivity index is 1.86. The molecule has 1 saturated heterocycles. The molecule has 0 aliphatic carbocycles. The molecule has 1 N–H and O–H groups in total. The van der Waals surface area contributed by atoms with Gasteiger partial charge in [-0.15, -0.1) is 0 Å². The van der Waals surface area contributed by atoms with Crippen LogP contribution in [0.25, 0.3) is 10.8 Å². The van der Waals surface area contributed by atoms with Crippen LogP contribution in [0.1, 0.15) is 33.1 Å². The van der Waals surface area contributed by atoms with E-state index >= 15 is 0 Å². The van der Waals surface area contributed by atoms with Gasteiger partial charge in [0, 0.05) is 17.5 Å². The maximum Gasteiger partial charge on any atom is 0.322 e. The van der Waals surface area contributed by atoms with Crippen LogP contribution in [0.4, 0.5) is 10.5 Å². The maximum absolute atomic E-state index is 12.6. The summed E-state index contributed by atoms with van der Waals surface area (Å²) in [7, 11) is 0. The van der Waals surface area contributed by atoms with Crippen LogP contribution in [0.3, 0.4) is 0 Å². The van der Waals surface area contributed by atoms with E-state index in [2.05, 4.69) is 31.3 Å². The van der Waals surface area contributed by atoms with Crippen molar-refractivity contribution in [1.29, 1.82) is 0 Å². The van der Waals surface area contributed by atoms with Crippen molar-refractivity contribution in [3.8, 4) is 0 Å². The minimum atomic E-state index is 0.0195. The summed E-state index contributed by atoms with van der Waals surface area (Å²) in [6.07, 6.45) is 3.39. The zero-order valence-corrected chi connectivity index (χ0v) is 12.7. The molecule has 2 aromatic carbocycles. The molecule has 1 aliphatic rings. The molecular formula is C18H22N2O. The number of anilines is 1. The number of hydrogen-bond donors (Lipinski definition) is 1. The molecule has 2 atom stereocenters. The highest BCUT2D eigenvalue weighted by molar-refractivity contribution is 6.01. The summed E-state index contributed by atoms with van der Waals surface area (Å²) in [6, 6.07) is 14.8. The first-order chi connectivity index (χ1) is 10.2. The molecule has 0 bridgehead atoms. The molecule has 2 amide bonds. The van der Waals surface area contributed by atoms with Crippen LogP contribution < -0.4 is 5.32 Å². The van der Waals surface area contributed by atoms with E-state index in [1.54, 1.807) is 0 Å². The lowest BCUT2D eigenvalue weighted by atomic mass is 9.98. The second-order valence-electron chi connectivity index (χ2n) is 5.99. The van der Waals surface area contributed by atoms with Crippen molar-refractivity contribution < 1.29 is 4.79 Å². The van der Waals surface area contributed by atoms with E-state index in [0.717, 1.165) is 29.3 Å². The highest BCUT2D eigenvalue weighted by Crippen LogP contribution is 2.26. The van der Waals surface area contributed by atoms with Crippen molar-refractivity contribution in [3.05, 3.63) is 42.5 Å². The highest BCUT2D eigenvalue weighted by atomic mass is 16.2. The summed E-state index contributed by atoms with van der Waals surface area (Å²) < 4.78 is 0. The molecule has 1 fully saturated rings. The minimum Gasteiger partial charge on any atom is -0.319 e. The number of benzene rings is 2. The number of fused-ring (bicyclic) bond motifs is 1. The molecule has 0 saturated carbocycles. The Hall–Kier alpha value is -2.03. The predicted octanol–water partition coefficient (Wildman–Crippen LogP) is 4.63. The Morgan fingerprint density at radius 2 is 1.71 bits per heavy atom. The summed E-state index contributed by atoms with van der Waals surface area (Å²) >= 11 is 0. The van der Waals surface area contributed by atoms with Gasteiger partial charge >= 0.3 is 6.03 Å². The van der Waals surface area contributed by atoms with Crippen molar-refractivity contribution in [2.45, 2.75) is 45.2 Å². The van der Waals surface area contributed by atoms with Gasteiger partial charge in [0.2, 0.25) is 0 Å². The van der Waals surface area contributed by atoms with Gasteiger partial charge in [0.15, 0.2) is 0 Å². The normalized spacial score (nSPS) is 22.3. The van der Waals surface area contributed by atoms with Gasteiger partial charge in [-0.3, -0.25) is 0 Å². The van der Waals surface area contributed by atoms with E-state index in [1.165, 1.54) is 6.42 Å². The van der Waals surface area contributed by atoms with Gasteiger partial charge in [-0.1, -0.05) is 36.4 Å². The number of rotatable bonds is 1. The molecule has 0 aromatic heterocycles. The van der Waals surface area contributed by atoms with Crippen LogP contribution in [-0.4, -0.2) is 23.0 Å².